The highest BCUT2D eigenvalue weighted by molar-refractivity contribution is 9.10. The number of hydrogen-bond acceptors (Lipinski definition) is 3. The van der Waals surface area contributed by atoms with Gasteiger partial charge in [0.15, 0.2) is 9.84 Å². The lowest BCUT2D eigenvalue weighted by molar-refractivity contribution is 0.414. The van der Waals surface area contributed by atoms with Crippen LogP contribution in [0.25, 0.3) is 0 Å². The topological polar surface area (TPSA) is 43.4 Å². The minimum Gasteiger partial charge on any atom is -0.497 e. The number of benzene rings is 2. The summed E-state index contributed by atoms with van der Waals surface area (Å²) in [7, 11) is -1.78. The quantitative estimate of drug-likeness (QED) is 0.856. The van der Waals surface area contributed by atoms with Gasteiger partial charge < -0.3 is 4.74 Å². The molecule has 0 aliphatic heterocycles. The average Bonchev–Trinajstić information content (AvgIpc) is 2.41. The lowest BCUT2D eigenvalue weighted by Gasteiger charge is -2.06. The Morgan fingerprint density at radius 3 is 2.11 bits per heavy atom. The highest BCUT2D eigenvalue weighted by Crippen LogP contribution is 2.20. The fraction of sp³-hybridized carbons (Fsp3) is 0.143. The van der Waals surface area contributed by atoms with E-state index in [1.54, 1.807) is 43.5 Å². The molecule has 0 aromatic heterocycles. The summed E-state index contributed by atoms with van der Waals surface area (Å²) in [6.07, 6.45) is 0. The second-order valence-corrected chi connectivity index (χ2v) is 6.97. The minimum atomic E-state index is -3.32. The Hall–Kier alpha value is -1.33. The van der Waals surface area contributed by atoms with Gasteiger partial charge in [0.05, 0.1) is 17.8 Å². The van der Waals surface area contributed by atoms with E-state index < -0.39 is 9.84 Å². The number of methoxy groups -OCH3 is 1. The lowest BCUT2D eigenvalue weighted by atomic mass is 10.2. The lowest BCUT2D eigenvalue weighted by Crippen LogP contribution is -2.04. The Morgan fingerprint density at radius 1 is 1.00 bits per heavy atom. The average molecular weight is 341 g/mol. The largest absolute Gasteiger partial charge is 0.497 e. The molecule has 0 aliphatic carbocycles. The summed E-state index contributed by atoms with van der Waals surface area (Å²) in [6.45, 7) is 0. The molecule has 2 rings (SSSR count). The van der Waals surface area contributed by atoms with Gasteiger partial charge in [0.1, 0.15) is 5.75 Å². The van der Waals surface area contributed by atoms with Crippen LogP contribution in [0.5, 0.6) is 5.75 Å². The Labute approximate surface area is 121 Å². The highest BCUT2D eigenvalue weighted by atomic mass is 79.9. The molecular formula is C14H13BrO3S. The first-order valence-electron chi connectivity index (χ1n) is 5.62. The molecule has 2 aromatic rings. The van der Waals surface area contributed by atoms with E-state index in [-0.39, 0.29) is 5.75 Å². The molecule has 19 heavy (non-hydrogen) atoms. The zero-order chi connectivity index (χ0) is 13.9. The first-order valence-corrected chi connectivity index (χ1v) is 8.07. The van der Waals surface area contributed by atoms with Crippen LogP contribution in [-0.2, 0) is 15.6 Å². The van der Waals surface area contributed by atoms with Crippen molar-refractivity contribution >= 4 is 25.8 Å². The number of rotatable bonds is 4. The monoisotopic (exact) mass is 340 g/mol. The van der Waals surface area contributed by atoms with E-state index in [4.69, 9.17) is 4.74 Å². The van der Waals surface area contributed by atoms with Crippen LogP contribution in [0.3, 0.4) is 0 Å². The summed E-state index contributed by atoms with van der Waals surface area (Å²) in [6, 6.07) is 13.7. The van der Waals surface area contributed by atoms with Gasteiger partial charge in [-0.3, -0.25) is 0 Å². The maximum absolute atomic E-state index is 12.2. The molecular weight excluding hydrogens is 328 g/mol. The zero-order valence-corrected chi connectivity index (χ0v) is 12.7. The van der Waals surface area contributed by atoms with E-state index in [0.717, 1.165) is 10.0 Å². The third-order valence-electron chi connectivity index (χ3n) is 2.69. The van der Waals surface area contributed by atoms with Crippen molar-refractivity contribution in [3.8, 4) is 5.75 Å². The SMILES string of the molecule is COc1ccc(S(=O)(=O)Cc2ccc(Br)cc2)cc1. The van der Waals surface area contributed by atoms with Crippen LogP contribution in [0, 0.1) is 0 Å². The summed E-state index contributed by atoms with van der Waals surface area (Å²) < 4.78 is 30.4. The van der Waals surface area contributed by atoms with Gasteiger partial charge in [-0.15, -0.1) is 0 Å². The van der Waals surface area contributed by atoms with Gasteiger partial charge in [-0.2, -0.15) is 0 Å². The number of sulfone groups is 1. The molecule has 100 valence electrons. The van der Waals surface area contributed by atoms with Crippen LogP contribution in [-0.4, -0.2) is 15.5 Å². The minimum absolute atomic E-state index is 0.00733. The molecule has 0 amide bonds. The van der Waals surface area contributed by atoms with Crippen molar-refractivity contribution in [1.82, 2.24) is 0 Å². The molecule has 5 heteroatoms. The van der Waals surface area contributed by atoms with E-state index in [0.29, 0.717) is 10.6 Å². The number of ether oxygens (including phenoxy) is 1. The number of halogens is 1. The Kier molecular flexibility index (Phi) is 4.27. The first kappa shape index (κ1) is 14.1. The van der Waals surface area contributed by atoms with Crippen molar-refractivity contribution in [1.29, 1.82) is 0 Å². The van der Waals surface area contributed by atoms with E-state index >= 15 is 0 Å². The van der Waals surface area contributed by atoms with Crippen LogP contribution in [0.2, 0.25) is 0 Å². The summed E-state index contributed by atoms with van der Waals surface area (Å²) in [4.78, 5) is 0.302. The molecule has 3 nitrogen and oxygen atoms in total. The molecule has 0 N–H and O–H groups in total. The molecule has 0 saturated carbocycles. The molecule has 0 saturated heterocycles. The molecule has 2 aromatic carbocycles. The van der Waals surface area contributed by atoms with E-state index in [1.807, 2.05) is 12.1 Å². The van der Waals surface area contributed by atoms with Crippen molar-refractivity contribution in [2.75, 3.05) is 7.11 Å². The van der Waals surface area contributed by atoms with Gasteiger partial charge in [-0.25, -0.2) is 8.42 Å². The standard InChI is InChI=1S/C14H13BrO3S/c1-18-13-6-8-14(9-7-13)19(16,17)10-11-2-4-12(15)5-3-11/h2-9H,10H2,1H3. The van der Waals surface area contributed by atoms with Gasteiger partial charge >= 0.3 is 0 Å². The molecule has 0 radical (unpaired) electrons. The normalized spacial score (nSPS) is 11.3. The molecule has 0 bridgehead atoms. The predicted octanol–water partition coefficient (Wildman–Crippen LogP) is 3.43. The Bertz CT molecular complexity index is 646. The third kappa shape index (κ3) is 3.58. The highest BCUT2D eigenvalue weighted by Gasteiger charge is 2.15. The summed E-state index contributed by atoms with van der Waals surface area (Å²) in [5.74, 6) is 0.634. The smallest absolute Gasteiger partial charge is 0.182 e. The first-order chi connectivity index (χ1) is 9.01. The Morgan fingerprint density at radius 2 is 1.58 bits per heavy atom. The molecule has 0 aliphatic rings. The second-order valence-electron chi connectivity index (χ2n) is 4.06. The molecule has 0 heterocycles. The van der Waals surface area contributed by atoms with Gasteiger partial charge in [0, 0.05) is 4.47 Å². The van der Waals surface area contributed by atoms with Crippen LogP contribution < -0.4 is 4.74 Å². The molecule has 0 spiro atoms. The van der Waals surface area contributed by atoms with Crippen molar-refractivity contribution in [2.24, 2.45) is 0 Å². The summed E-state index contributed by atoms with van der Waals surface area (Å²) >= 11 is 3.32. The van der Waals surface area contributed by atoms with Crippen LogP contribution >= 0.6 is 15.9 Å². The van der Waals surface area contributed by atoms with Crippen LogP contribution in [0.4, 0.5) is 0 Å². The molecule has 0 unspecified atom stereocenters. The van der Waals surface area contributed by atoms with Gasteiger partial charge in [-0.05, 0) is 42.0 Å². The second kappa shape index (κ2) is 5.75. The van der Waals surface area contributed by atoms with Crippen molar-refractivity contribution in [3.63, 3.8) is 0 Å². The Balaban J connectivity index is 2.24. The number of hydrogen-bond donors (Lipinski definition) is 0. The van der Waals surface area contributed by atoms with Crippen molar-refractivity contribution in [2.45, 2.75) is 10.6 Å². The maximum atomic E-state index is 12.2. The van der Waals surface area contributed by atoms with Gasteiger partial charge in [-0.1, -0.05) is 28.1 Å². The van der Waals surface area contributed by atoms with Crippen LogP contribution in [0.1, 0.15) is 5.56 Å². The fourth-order valence-electron chi connectivity index (χ4n) is 1.67. The summed E-state index contributed by atoms with van der Waals surface area (Å²) in [5, 5.41) is 0. The van der Waals surface area contributed by atoms with Gasteiger partial charge in [0.2, 0.25) is 0 Å². The predicted molar refractivity (Wildman–Crippen MR) is 78.0 cm³/mol. The van der Waals surface area contributed by atoms with E-state index in [9.17, 15) is 8.42 Å². The van der Waals surface area contributed by atoms with E-state index in [1.165, 1.54) is 0 Å². The maximum Gasteiger partial charge on any atom is 0.182 e. The zero-order valence-electron chi connectivity index (χ0n) is 10.3. The van der Waals surface area contributed by atoms with Crippen molar-refractivity contribution in [3.05, 3.63) is 58.6 Å². The summed E-state index contributed by atoms with van der Waals surface area (Å²) in [5.41, 5.74) is 0.763. The molecule has 0 fully saturated rings. The fourth-order valence-corrected chi connectivity index (χ4v) is 3.28. The molecule has 0 atom stereocenters. The third-order valence-corrected chi connectivity index (χ3v) is 4.92. The van der Waals surface area contributed by atoms with Crippen molar-refractivity contribution < 1.29 is 13.2 Å². The van der Waals surface area contributed by atoms with E-state index in [2.05, 4.69) is 15.9 Å². The van der Waals surface area contributed by atoms with Gasteiger partial charge in [0.25, 0.3) is 0 Å². The van der Waals surface area contributed by atoms with Crippen LogP contribution in [0.15, 0.2) is 57.9 Å².